The van der Waals surface area contributed by atoms with Gasteiger partial charge in [-0.1, -0.05) is 17.7 Å². The molecule has 7 nitrogen and oxygen atoms in total. The van der Waals surface area contributed by atoms with E-state index in [9.17, 15) is 13.2 Å². The van der Waals surface area contributed by atoms with Gasteiger partial charge < -0.3 is 9.64 Å². The van der Waals surface area contributed by atoms with Crippen molar-refractivity contribution in [1.29, 1.82) is 0 Å². The molecule has 31 heavy (non-hydrogen) atoms. The third-order valence-corrected chi connectivity index (χ3v) is 8.00. The lowest BCUT2D eigenvalue weighted by atomic mass is 9.92. The minimum Gasteiger partial charge on any atom is -0.478 e. The maximum atomic E-state index is 13.2. The van der Waals surface area contributed by atoms with Crippen molar-refractivity contribution in [1.82, 2.24) is 14.2 Å². The van der Waals surface area contributed by atoms with Crippen LogP contribution < -0.4 is 4.74 Å². The largest absolute Gasteiger partial charge is 0.478 e. The summed E-state index contributed by atoms with van der Waals surface area (Å²) >= 11 is 6.18. The predicted octanol–water partition coefficient (Wildman–Crippen LogP) is 3.16. The van der Waals surface area contributed by atoms with Crippen LogP contribution in [0, 0.1) is 0 Å². The number of aryl methyl sites for hydroxylation is 2. The maximum absolute atomic E-state index is 13.2. The molecule has 0 bridgehead atoms. The second kappa shape index (κ2) is 9.14. The molecule has 1 aliphatic heterocycles. The minimum absolute atomic E-state index is 0.124. The van der Waals surface area contributed by atoms with Crippen LogP contribution in [0.3, 0.4) is 0 Å². The Kier molecular flexibility index (Phi) is 6.50. The van der Waals surface area contributed by atoms with Crippen LogP contribution in [0.5, 0.6) is 5.88 Å². The van der Waals surface area contributed by atoms with Gasteiger partial charge in [-0.15, -0.1) is 0 Å². The van der Waals surface area contributed by atoms with Crippen molar-refractivity contribution < 1.29 is 17.9 Å². The van der Waals surface area contributed by atoms with Gasteiger partial charge >= 0.3 is 0 Å². The molecule has 4 rings (SSSR count). The monoisotopic (exact) mass is 463 g/mol. The number of benzene rings is 1. The highest BCUT2D eigenvalue weighted by molar-refractivity contribution is 7.89. The number of carbonyl (C=O) groups excluding carboxylic acids is 1. The molecule has 0 unspecified atom stereocenters. The summed E-state index contributed by atoms with van der Waals surface area (Å²) in [4.78, 5) is 19.1. The Labute approximate surface area is 188 Å². The average molecular weight is 464 g/mol. The molecular formula is C22H26ClN3O4S. The number of ether oxygens (including phenoxy) is 1. The second-order valence-corrected chi connectivity index (χ2v) is 10.1. The zero-order valence-electron chi connectivity index (χ0n) is 17.5. The van der Waals surface area contributed by atoms with Crippen LogP contribution in [0.25, 0.3) is 0 Å². The quantitative estimate of drug-likeness (QED) is 0.680. The fraction of sp³-hybridized carbons (Fsp3) is 0.455. The van der Waals surface area contributed by atoms with E-state index in [4.69, 9.17) is 16.3 Å². The average Bonchev–Trinajstić information content (AvgIpc) is 2.80. The summed E-state index contributed by atoms with van der Waals surface area (Å²) in [6.45, 7) is 3.28. The molecular weight excluding hydrogens is 438 g/mol. The molecule has 0 atom stereocenters. The summed E-state index contributed by atoms with van der Waals surface area (Å²) in [5.74, 6) is 0.0151. The fourth-order valence-corrected chi connectivity index (χ4v) is 5.76. The molecule has 1 amide bonds. The Morgan fingerprint density at radius 1 is 1.06 bits per heavy atom. The van der Waals surface area contributed by atoms with E-state index in [0.29, 0.717) is 17.4 Å². The number of carbonyl (C=O) groups is 1. The number of sulfonamides is 1. The number of pyridine rings is 1. The van der Waals surface area contributed by atoms with Gasteiger partial charge in [0.15, 0.2) is 5.69 Å². The summed E-state index contributed by atoms with van der Waals surface area (Å²) in [5.41, 5.74) is 2.51. The first-order valence-electron chi connectivity index (χ1n) is 10.6. The number of amides is 1. The molecule has 1 aromatic heterocycles. The first-order valence-corrected chi connectivity index (χ1v) is 12.4. The highest BCUT2D eigenvalue weighted by atomic mass is 35.5. The predicted molar refractivity (Wildman–Crippen MR) is 118 cm³/mol. The SMILES string of the molecule is CCOc1ccc(Cl)c(C(=O)N2CCN(S(=O)(=O)c3ccc4c(c3)CCCC4)CC2)n1. The Morgan fingerprint density at radius 3 is 2.48 bits per heavy atom. The second-order valence-electron chi connectivity index (χ2n) is 7.75. The van der Waals surface area contributed by atoms with E-state index in [-0.39, 0.29) is 42.8 Å². The molecule has 0 radical (unpaired) electrons. The highest BCUT2D eigenvalue weighted by Gasteiger charge is 2.32. The number of rotatable bonds is 5. The number of hydrogen-bond acceptors (Lipinski definition) is 5. The van der Waals surface area contributed by atoms with Gasteiger partial charge in [-0.05, 0) is 61.9 Å². The zero-order chi connectivity index (χ0) is 22.0. The molecule has 0 spiro atoms. The number of nitrogens with zero attached hydrogens (tertiary/aromatic N) is 3. The van der Waals surface area contributed by atoms with E-state index in [0.717, 1.165) is 31.2 Å². The van der Waals surface area contributed by atoms with Gasteiger partial charge in [0.2, 0.25) is 15.9 Å². The molecule has 1 saturated heterocycles. The number of halogens is 1. The summed E-state index contributed by atoms with van der Waals surface area (Å²) in [5, 5.41) is 0.248. The maximum Gasteiger partial charge on any atom is 0.274 e. The van der Waals surface area contributed by atoms with Crippen LogP contribution in [0.1, 0.15) is 41.4 Å². The van der Waals surface area contributed by atoms with Crippen molar-refractivity contribution >= 4 is 27.5 Å². The Morgan fingerprint density at radius 2 is 1.77 bits per heavy atom. The number of aromatic nitrogens is 1. The van der Waals surface area contributed by atoms with Crippen molar-refractivity contribution in [2.24, 2.45) is 0 Å². The minimum atomic E-state index is -3.60. The van der Waals surface area contributed by atoms with Crippen LogP contribution in [-0.4, -0.2) is 61.3 Å². The molecule has 0 saturated carbocycles. The third kappa shape index (κ3) is 4.56. The molecule has 1 fully saturated rings. The molecule has 1 aliphatic carbocycles. The lowest BCUT2D eigenvalue weighted by Gasteiger charge is -2.34. The summed E-state index contributed by atoms with van der Waals surface area (Å²) in [6, 6.07) is 8.68. The molecule has 1 aromatic carbocycles. The standard InChI is InChI=1S/C22H26ClN3O4S/c1-2-30-20-10-9-19(23)21(24-20)22(27)25-11-13-26(14-12-25)31(28,29)18-8-7-16-5-3-4-6-17(16)15-18/h7-10,15H,2-6,11-14H2,1H3. The van der Waals surface area contributed by atoms with E-state index in [1.54, 1.807) is 23.1 Å². The summed E-state index contributed by atoms with van der Waals surface area (Å²) < 4.78 is 33.1. The Balaban J connectivity index is 1.46. The topological polar surface area (TPSA) is 79.8 Å². The summed E-state index contributed by atoms with van der Waals surface area (Å²) in [7, 11) is -3.60. The Bertz CT molecular complexity index is 1080. The molecule has 2 aromatic rings. The van der Waals surface area contributed by atoms with Gasteiger partial charge in [0.1, 0.15) is 0 Å². The number of piperazine rings is 1. The van der Waals surface area contributed by atoms with Crippen molar-refractivity contribution in [2.45, 2.75) is 37.5 Å². The lowest BCUT2D eigenvalue weighted by molar-refractivity contribution is 0.0691. The van der Waals surface area contributed by atoms with Gasteiger partial charge in [0, 0.05) is 32.2 Å². The van der Waals surface area contributed by atoms with E-state index in [1.165, 1.54) is 9.87 Å². The molecule has 166 valence electrons. The van der Waals surface area contributed by atoms with E-state index < -0.39 is 10.0 Å². The van der Waals surface area contributed by atoms with Gasteiger partial charge in [0.25, 0.3) is 5.91 Å². The molecule has 0 N–H and O–H groups in total. The van der Waals surface area contributed by atoms with Crippen molar-refractivity contribution in [3.8, 4) is 5.88 Å². The van der Waals surface area contributed by atoms with Crippen molar-refractivity contribution in [2.75, 3.05) is 32.8 Å². The highest BCUT2D eigenvalue weighted by Crippen LogP contribution is 2.27. The fourth-order valence-electron chi connectivity index (χ4n) is 4.10. The van der Waals surface area contributed by atoms with Crippen LogP contribution in [0.4, 0.5) is 0 Å². The number of hydrogen-bond donors (Lipinski definition) is 0. The lowest BCUT2D eigenvalue weighted by Crippen LogP contribution is -2.50. The number of fused-ring (bicyclic) bond motifs is 1. The van der Waals surface area contributed by atoms with E-state index >= 15 is 0 Å². The summed E-state index contributed by atoms with van der Waals surface area (Å²) in [6.07, 6.45) is 4.19. The first kappa shape index (κ1) is 22.0. The zero-order valence-corrected chi connectivity index (χ0v) is 19.1. The molecule has 2 heterocycles. The van der Waals surface area contributed by atoms with Crippen molar-refractivity contribution in [3.63, 3.8) is 0 Å². The van der Waals surface area contributed by atoms with Crippen LogP contribution >= 0.6 is 11.6 Å². The first-order chi connectivity index (χ1) is 14.9. The third-order valence-electron chi connectivity index (χ3n) is 5.80. The molecule has 9 heteroatoms. The van der Waals surface area contributed by atoms with Crippen LogP contribution in [-0.2, 0) is 22.9 Å². The Hall–Kier alpha value is -2.16. The van der Waals surface area contributed by atoms with Gasteiger partial charge in [-0.2, -0.15) is 4.31 Å². The molecule has 2 aliphatic rings. The smallest absolute Gasteiger partial charge is 0.274 e. The van der Waals surface area contributed by atoms with Gasteiger partial charge in [-0.3, -0.25) is 4.79 Å². The van der Waals surface area contributed by atoms with Crippen molar-refractivity contribution in [3.05, 3.63) is 52.2 Å². The van der Waals surface area contributed by atoms with E-state index in [1.807, 2.05) is 19.1 Å². The van der Waals surface area contributed by atoms with Crippen LogP contribution in [0.2, 0.25) is 5.02 Å². The van der Waals surface area contributed by atoms with Gasteiger partial charge in [0.05, 0.1) is 16.5 Å². The van der Waals surface area contributed by atoms with E-state index in [2.05, 4.69) is 4.98 Å². The van der Waals surface area contributed by atoms with Crippen LogP contribution in [0.15, 0.2) is 35.2 Å². The van der Waals surface area contributed by atoms with Gasteiger partial charge in [-0.25, -0.2) is 13.4 Å². The normalized spacial score (nSPS) is 17.3.